The molecule has 2 aromatic carbocycles. The summed E-state index contributed by atoms with van der Waals surface area (Å²) in [5.41, 5.74) is 1.51. The Balaban J connectivity index is 1.89. The maximum Gasteiger partial charge on any atom is 0.335 e. The van der Waals surface area contributed by atoms with Crippen LogP contribution in [0.2, 0.25) is 0 Å². The molecule has 2 aromatic rings. The van der Waals surface area contributed by atoms with Crippen LogP contribution >= 0.6 is 0 Å². The number of carbonyl (C=O) groups excluding carboxylic acids is 2. The number of para-hydroxylation sites is 2. The van der Waals surface area contributed by atoms with E-state index in [1.54, 1.807) is 21.9 Å². The summed E-state index contributed by atoms with van der Waals surface area (Å²) < 4.78 is 10.7. The second-order valence-electron chi connectivity index (χ2n) is 6.04. The first kappa shape index (κ1) is 18.7. The molecule has 0 aliphatic carbocycles. The standard InChI is InChI=1S/C21H22N2O4/c1-2-20(24)27-19-11-7-6-8-17(19)16-23(18-9-4-3-5-10-18)21(25)22-12-14-26-15-13-22/h2-11H,1,12-16H2. The maximum absolute atomic E-state index is 13.2. The summed E-state index contributed by atoms with van der Waals surface area (Å²) in [7, 11) is 0. The minimum absolute atomic E-state index is 0.102. The van der Waals surface area contributed by atoms with Crippen LogP contribution in [0.5, 0.6) is 5.75 Å². The Morgan fingerprint density at radius 1 is 1.07 bits per heavy atom. The molecule has 1 aliphatic heterocycles. The van der Waals surface area contributed by atoms with Gasteiger partial charge in [-0.25, -0.2) is 9.59 Å². The molecule has 1 saturated heterocycles. The highest BCUT2D eigenvalue weighted by atomic mass is 16.5. The quantitative estimate of drug-likeness (QED) is 0.463. The van der Waals surface area contributed by atoms with Crippen molar-refractivity contribution in [2.45, 2.75) is 6.54 Å². The summed E-state index contributed by atoms with van der Waals surface area (Å²) in [6.45, 7) is 5.87. The topological polar surface area (TPSA) is 59.1 Å². The minimum Gasteiger partial charge on any atom is -0.423 e. The third-order valence-electron chi connectivity index (χ3n) is 4.26. The minimum atomic E-state index is -0.534. The highest BCUT2D eigenvalue weighted by Gasteiger charge is 2.25. The Labute approximate surface area is 158 Å². The molecule has 0 bridgehead atoms. The van der Waals surface area contributed by atoms with Crippen molar-refractivity contribution in [3.05, 3.63) is 72.8 Å². The van der Waals surface area contributed by atoms with E-state index in [2.05, 4.69) is 6.58 Å². The fourth-order valence-electron chi connectivity index (χ4n) is 2.86. The van der Waals surface area contributed by atoms with E-state index in [0.29, 0.717) is 32.1 Å². The summed E-state index contributed by atoms with van der Waals surface area (Å²) >= 11 is 0. The third-order valence-corrected chi connectivity index (χ3v) is 4.26. The number of esters is 1. The molecule has 0 unspecified atom stereocenters. The number of anilines is 1. The molecular weight excluding hydrogens is 344 g/mol. The van der Waals surface area contributed by atoms with Crippen molar-refractivity contribution in [2.24, 2.45) is 0 Å². The number of nitrogens with zero attached hydrogens (tertiary/aromatic N) is 2. The van der Waals surface area contributed by atoms with Gasteiger partial charge in [0.1, 0.15) is 5.75 Å². The van der Waals surface area contributed by atoms with Crippen LogP contribution in [0.25, 0.3) is 0 Å². The van der Waals surface area contributed by atoms with Crippen LogP contribution in [0, 0.1) is 0 Å². The van der Waals surface area contributed by atoms with Crippen LogP contribution in [-0.4, -0.2) is 43.2 Å². The number of hydrogen-bond donors (Lipinski definition) is 0. The Kier molecular flexibility index (Phi) is 6.22. The molecule has 0 radical (unpaired) electrons. The second kappa shape index (κ2) is 9.00. The molecule has 27 heavy (non-hydrogen) atoms. The summed E-state index contributed by atoms with van der Waals surface area (Å²) in [6.07, 6.45) is 1.12. The number of morpholine rings is 1. The average molecular weight is 366 g/mol. The molecule has 6 nitrogen and oxygen atoms in total. The second-order valence-corrected chi connectivity index (χ2v) is 6.04. The Morgan fingerprint density at radius 3 is 2.44 bits per heavy atom. The van der Waals surface area contributed by atoms with Gasteiger partial charge in [0.25, 0.3) is 0 Å². The smallest absolute Gasteiger partial charge is 0.335 e. The van der Waals surface area contributed by atoms with Gasteiger partial charge in [0.2, 0.25) is 0 Å². The van der Waals surface area contributed by atoms with Gasteiger partial charge in [-0.3, -0.25) is 4.90 Å². The first-order chi connectivity index (χ1) is 13.2. The van der Waals surface area contributed by atoms with Crippen LogP contribution in [0.15, 0.2) is 67.3 Å². The number of urea groups is 1. The lowest BCUT2D eigenvalue weighted by Crippen LogP contribution is -2.48. The van der Waals surface area contributed by atoms with E-state index in [1.807, 2.05) is 42.5 Å². The van der Waals surface area contributed by atoms with Crippen molar-refractivity contribution < 1.29 is 19.1 Å². The number of hydrogen-bond acceptors (Lipinski definition) is 4. The number of benzene rings is 2. The van der Waals surface area contributed by atoms with Gasteiger partial charge in [-0.1, -0.05) is 43.0 Å². The summed E-state index contributed by atoms with van der Waals surface area (Å²) in [5, 5.41) is 0. The van der Waals surface area contributed by atoms with E-state index in [4.69, 9.17) is 9.47 Å². The predicted octanol–water partition coefficient (Wildman–Crippen LogP) is 3.24. The molecule has 0 aromatic heterocycles. The van der Waals surface area contributed by atoms with Gasteiger partial charge in [-0.2, -0.15) is 0 Å². The molecular formula is C21H22N2O4. The van der Waals surface area contributed by atoms with Crippen molar-refractivity contribution >= 4 is 17.7 Å². The molecule has 1 heterocycles. The van der Waals surface area contributed by atoms with Crippen molar-refractivity contribution in [2.75, 3.05) is 31.2 Å². The zero-order valence-electron chi connectivity index (χ0n) is 15.0. The number of ether oxygens (including phenoxy) is 2. The maximum atomic E-state index is 13.2. The molecule has 1 aliphatic rings. The third kappa shape index (κ3) is 4.74. The molecule has 0 saturated carbocycles. The zero-order chi connectivity index (χ0) is 19.1. The van der Waals surface area contributed by atoms with E-state index in [1.165, 1.54) is 0 Å². The Morgan fingerprint density at radius 2 is 1.74 bits per heavy atom. The van der Waals surface area contributed by atoms with Crippen LogP contribution in [0.4, 0.5) is 10.5 Å². The van der Waals surface area contributed by atoms with E-state index in [0.717, 1.165) is 17.3 Å². The highest BCUT2D eigenvalue weighted by molar-refractivity contribution is 5.92. The summed E-state index contributed by atoms with van der Waals surface area (Å²) in [6, 6.07) is 16.5. The number of amides is 2. The summed E-state index contributed by atoms with van der Waals surface area (Å²) in [5.74, 6) is -0.119. The van der Waals surface area contributed by atoms with Crippen molar-refractivity contribution in [3.8, 4) is 5.75 Å². The molecule has 3 rings (SSSR count). The van der Waals surface area contributed by atoms with Gasteiger partial charge < -0.3 is 14.4 Å². The Hall–Kier alpha value is -3.12. The van der Waals surface area contributed by atoms with E-state index < -0.39 is 5.97 Å². The lowest BCUT2D eigenvalue weighted by atomic mass is 10.1. The highest BCUT2D eigenvalue weighted by Crippen LogP contribution is 2.25. The first-order valence-corrected chi connectivity index (χ1v) is 8.80. The SMILES string of the molecule is C=CC(=O)Oc1ccccc1CN(C(=O)N1CCOCC1)c1ccccc1. The van der Waals surface area contributed by atoms with Gasteiger partial charge in [-0.05, 0) is 18.2 Å². The predicted molar refractivity (Wildman–Crippen MR) is 103 cm³/mol. The van der Waals surface area contributed by atoms with Crippen LogP contribution < -0.4 is 9.64 Å². The van der Waals surface area contributed by atoms with Gasteiger partial charge in [0, 0.05) is 30.4 Å². The van der Waals surface area contributed by atoms with E-state index in [-0.39, 0.29) is 12.6 Å². The van der Waals surface area contributed by atoms with E-state index >= 15 is 0 Å². The van der Waals surface area contributed by atoms with Crippen molar-refractivity contribution in [3.63, 3.8) is 0 Å². The van der Waals surface area contributed by atoms with Crippen LogP contribution in [-0.2, 0) is 16.1 Å². The molecule has 2 amide bonds. The van der Waals surface area contributed by atoms with Crippen LogP contribution in [0.3, 0.4) is 0 Å². The summed E-state index contributed by atoms with van der Waals surface area (Å²) in [4.78, 5) is 28.3. The van der Waals surface area contributed by atoms with E-state index in [9.17, 15) is 9.59 Å². The number of rotatable bonds is 5. The van der Waals surface area contributed by atoms with Gasteiger partial charge in [-0.15, -0.1) is 0 Å². The fourth-order valence-corrected chi connectivity index (χ4v) is 2.86. The lowest BCUT2D eigenvalue weighted by Gasteiger charge is -2.33. The molecule has 6 heteroatoms. The number of carbonyl (C=O) groups is 2. The normalized spacial score (nSPS) is 13.7. The Bertz CT molecular complexity index is 801. The van der Waals surface area contributed by atoms with Crippen molar-refractivity contribution in [1.29, 1.82) is 0 Å². The molecule has 0 N–H and O–H groups in total. The largest absolute Gasteiger partial charge is 0.423 e. The van der Waals surface area contributed by atoms with Crippen LogP contribution in [0.1, 0.15) is 5.56 Å². The molecule has 140 valence electrons. The monoisotopic (exact) mass is 366 g/mol. The van der Waals surface area contributed by atoms with Crippen molar-refractivity contribution in [1.82, 2.24) is 4.90 Å². The van der Waals surface area contributed by atoms with Gasteiger partial charge >= 0.3 is 12.0 Å². The van der Waals surface area contributed by atoms with Gasteiger partial charge in [0.05, 0.1) is 19.8 Å². The molecule has 0 atom stereocenters. The zero-order valence-corrected chi connectivity index (χ0v) is 15.0. The lowest BCUT2D eigenvalue weighted by molar-refractivity contribution is -0.129. The average Bonchev–Trinajstić information content (AvgIpc) is 2.73. The van der Waals surface area contributed by atoms with Gasteiger partial charge in [0.15, 0.2) is 0 Å². The molecule has 1 fully saturated rings. The first-order valence-electron chi connectivity index (χ1n) is 8.80. The fraction of sp³-hybridized carbons (Fsp3) is 0.238. The molecule has 0 spiro atoms.